The van der Waals surface area contributed by atoms with E-state index in [0.29, 0.717) is 0 Å². The molecule has 3 aromatic heterocycles. The van der Waals surface area contributed by atoms with Crippen molar-refractivity contribution in [2.45, 2.75) is 38.8 Å². The minimum absolute atomic E-state index is 0.275. The molecule has 1 aliphatic heterocycles. The largest absolute Gasteiger partial charge is 0.368 e. The molecule has 0 amide bonds. The number of nitrogens with two attached hydrogens (primary N) is 2. The molecule has 0 aliphatic carbocycles. The Morgan fingerprint density at radius 2 is 2.08 bits per heavy atom. The van der Waals surface area contributed by atoms with Crippen LogP contribution in [0.3, 0.4) is 0 Å². The van der Waals surface area contributed by atoms with Gasteiger partial charge in [-0.2, -0.15) is 20.2 Å². The van der Waals surface area contributed by atoms with E-state index in [9.17, 15) is 0 Å². The van der Waals surface area contributed by atoms with Gasteiger partial charge in [0.15, 0.2) is 5.65 Å². The van der Waals surface area contributed by atoms with Crippen LogP contribution in [0.2, 0.25) is 0 Å². The molecule has 0 saturated carbocycles. The Morgan fingerprint density at radius 3 is 2.92 bits per heavy atom. The summed E-state index contributed by atoms with van der Waals surface area (Å²) in [4.78, 5) is 11.0. The number of hydrogen-bond donors (Lipinski definition) is 2. The number of hydrogen-bond acceptors (Lipinski definition) is 7. The summed E-state index contributed by atoms with van der Waals surface area (Å²) in [5.74, 6) is 1.12. The molecule has 3 aromatic rings. The summed E-state index contributed by atoms with van der Waals surface area (Å²) in [6.45, 7) is 3.34. The van der Waals surface area contributed by atoms with Gasteiger partial charge in [-0.05, 0) is 19.4 Å². The second-order valence-electron chi connectivity index (χ2n) is 6.80. The highest BCUT2D eigenvalue weighted by Crippen LogP contribution is 2.28. The Morgan fingerprint density at radius 1 is 1.19 bits per heavy atom. The van der Waals surface area contributed by atoms with Gasteiger partial charge in [-0.3, -0.25) is 9.36 Å². The molecule has 0 fully saturated rings. The molecule has 1 aliphatic rings. The predicted octanol–water partition coefficient (Wildman–Crippen LogP) is 0.834. The molecule has 138 valence electrons. The zero-order valence-corrected chi connectivity index (χ0v) is 15.1. The molecular weight excluding hydrogens is 330 g/mol. The zero-order valence-electron chi connectivity index (χ0n) is 15.1. The molecular formula is C17H25N9. The van der Waals surface area contributed by atoms with Gasteiger partial charge in [0.05, 0.1) is 17.3 Å². The molecule has 0 unspecified atom stereocenters. The molecule has 4 rings (SSSR count). The van der Waals surface area contributed by atoms with E-state index < -0.39 is 0 Å². The van der Waals surface area contributed by atoms with E-state index in [1.807, 2.05) is 7.05 Å². The monoisotopic (exact) mass is 355 g/mol. The van der Waals surface area contributed by atoms with Gasteiger partial charge >= 0.3 is 0 Å². The van der Waals surface area contributed by atoms with Crippen molar-refractivity contribution in [2.75, 3.05) is 23.7 Å². The lowest BCUT2D eigenvalue weighted by Crippen LogP contribution is -2.31. The van der Waals surface area contributed by atoms with Crippen LogP contribution in [0.1, 0.15) is 30.5 Å². The number of rotatable bonds is 6. The van der Waals surface area contributed by atoms with Crippen molar-refractivity contribution < 1.29 is 0 Å². The first-order valence-electron chi connectivity index (χ1n) is 9.11. The maximum Gasteiger partial charge on any atom is 0.224 e. The standard InChI is InChI=1S/C17H25N9/c1-24-15-13(9-20-24)16(22-17(19)21-15)25-8-5-14-12(10-25)11-26(23-14)7-4-2-3-6-18/h9,11H,2-8,10,18H2,1H3,(H2,19,21,22). The summed E-state index contributed by atoms with van der Waals surface area (Å²) < 4.78 is 3.80. The Balaban J connectivity index is 1.54. The first kappa shape index (κ1) is 16.8. The van der Waals surface area contributed by atoms with Crippen molar-refractivity contribution in [2.24, 2.45) is 12.8 Å². The topological polar surface area (TPSA) is 117 Å². The predicted molar refractivity (Wildman–Crippen MR) is 101 cm³/mol. The fourth-order valence-corrected chi connectivity index (χ4v) is 3.53. The molecule has 26 heavy (non-hydrogen) atoms. The number of aryl methyl sites for hydroxylation is 2. The van der Waals surface area contributed by atoms with Crippen LogP contribution in [-0.4, -0.2) is 42.6 Å². The Hall–Kier alpha value is -2.68. The van der Waals surface area contributed by atoms with Crippen molar-refractivity contribution in [3.63, 3.8) is 0 Å². The molecule has 9 nitrogen and oxygen atoms in total. The summed E-state index contributed by atoms with van der Waals surface area (Å²) in [5, 5.41) is 9.97. The summed E-state index contributed by atoms with van der Waals surface area (Å²) in [6.07, 6.45) is 8.20. The molecule has 0 spiro atoms. The van der Waals surface area contributed by atoms with E-state index >= 15 is 0 Å². The maximum absolute atomic E-state index is 5.92. The first-order valence-corrected chi connectivity index (χ1v) is 9.11. The minimum atomic E-state index is 0.275. The average molecular weight is 355 g/mol. The van der Waals surface area contributed by atoms with E-state index in [0.717, 1.165) is 68.7 Å². The smallest absolute Gasteiger partial charge is 0.224 e. The van der Waals surface area contributed by atoms with Gasteiger partial charge < -0.3 is 16.4 Å². The number of unbranched alkanes of at least 4 members (excludes halogenated alkanes) is 2. The molecule has 4 heterocycles. The van der Waals surface area contributed by atoms with E-state index in [2.05, 4.69) is 30.8 Å². The van der Waals surface area contributed by atoms with Gasteiger partial charge in [0, 0.05) is 44.9 Å². The van der Waals surface area contributed by atoms with Crippen LogP contribution in [0.25, 0.3) is 11.0 Å². The third-order valence-electron chi connectivity index (χ3n) is 4.88. The third kappa shape index (κ3) is 3.10. The lowest BCUT2D eigenvalue weighted by Gasteiger charge is -2.27. The number of fused-ring (bicyclic) bond motifs is 2. The highest BCUT2D eigenvalue weighted by molar-refractivity contribution is 5.88. The quantitative estimate of drug-likeness (QED) is 0.629. The molecule has 0 atom stereocenters. The summed E-state index contributed by atoms with van der Waals surface area (Å²) in [6, 6.07) is 0. The third-order valence-corrected chi connectivity index (χ3v) is 4.88. The molecule has 9 heteroatoms. The lowest BCUT2D eigenvalue weighted by molar-refractivity contribution is 0.542. The first-order chi connectivity index (χ1) is 12.7. The highest BCUT2D eigenvalue weighted by Gasteiger charge is 2.23. The van der Waals surface area contributed by atoms with Crippen molar-refractivity contribution >= 4 is 22.8 Å². The number of anilines is 2. The highest BCUT2D eigenvalue weighted by atomic mass is 15.3. The molecule has 4 N–H and O–H groups in total. The van der Waals surface area contributed by atoms with Crippen LogP contribution in [0.5, 0.6) is 0 Å². The minimum Gasteiger partial charge on any atom is -0.368 e. The zero-order chi connectivity index (χ0) is 18.1. The van der Waals surface area contributed by atoms with Gasteiger partial charge in [-0.25, -0.2) is 0 Å². The van der Waals surface area contributed by atoms with Gasteiger partial charge in [-0.1, -0.05) is 6.42 Å². The number of nitrogens with zero attached hydrogens (tertiary/aromatic N) is 7. The van der Waals surface area contributed by atoms with Crippen LogP contribution in [-0.2, 0) is 26.6 Å². The lowest BCUT2D eigenvalue weighted by atomic mass is 10.1. The van der Waals surface area contributed by atoms with E-state index in [-0.39, 0.29) is 5.95 Å². The second-order valence-corrected chi connectivity index (χ2v) is 6.80. The molecule has 0 aromatic carbocycles. The van der Waals surface area contributed by atoms with E-state index in [1.54, 1.807) is 10.9 Å². The van der Waals surface area contributed by atoms with Crippen LogP contribution in [0.4, 0.5) is 11.8 Å². The van der Waals surface area contributed by atoms with Crippen molar-refractivity contribution in [3.8, 4) is 0 Å². The SMILES string of the molecule is Cn1ncc2c(N3CCc4nn(CCCCCN)cc4C3)nc(N)nc21. The fourth-order valence-electron chi connectivity index (χ4n) is 3.53. The molecule has 0 saturated heterocycles. The summed E-state index contributed by atoms with van der Waals surface area (Å²) in [7, 11) is 1.86. The normalized spacial score (nSPS) is 14.2. The van der Waals surface area contributed by atoms with Crippen molar-refractivity contribution in [1.82, 2.24) is 29.5 Å². The number of nitrogen functional groups attached to an aromatic ring is 1. The van der Waals surface area contributed by atoms with Crippen LogP contribution >= 0.6 is 0 Å². The Bertz CT molecular complexity index is 910. The van der Waals surface area contributed by atoms with Gasteiger partial charge in [-0.15, -0.1) is 0 Å². The summed E-state index contributed by atoms with van der Waals surface area (Å²) in [5.41, 5.74) is 14.7. The van der Waals surface area contributed by atoms with Crippen molar-refractivity contribution in [1.29, 1.82) is 0 Å². The second kappa shape index (κ2) is 6.91. The van der Waals surface area contributed by atoms with Crippen LogP contribution in [0.15, 0.2) is 12.4 Å². The van der Waals surface area contributed by atoms with Gasteiger partial charge in [0.1, 0.15) is 5.82 Å². The summed E-state index contributed by atoms with van der Waals surface area (Å²) >= 11 is 0. The Kier molecular flexibility index (Phi) is 4.46. The Labute approximate surface area is 152 Å². The molecule has 0 bridgehead atoms. The van der Waals surface area contributed by atoms with Crippen LogP contribution in [0, 0.1) is 0 Å². The van der Waals surface area contributed by atoms with E-state index in [1.165, 1.54) is 11.3 Å². The number of aromatic nitrogens is 6. The average Bonchev–Trinajstić information content (AvgIpc) is 3.21. The molecule has 0 radical (unpaired) electrons. The van der Waals surface area contributed by atoms with Crippen LogP contribution < -0.4 is 16.4 Å². The van der Waals surface area contributed by atoms with E-state index in [4.69, 9.17) is 16.6 Å². The van der Waals surface area contributed by atoms with Gasteiger partial charge in [0.2, 0.25) is 5.95 Å². The van der Waals surface area contributed by atoms with Crippen molar-refractivity contribution in [3.05, 3.63) is 23.7 Å². The fraction of sp³-hybridized carbons (Fsp3) is 0.529. The van der Waals surface area contributed by atoms with Gasteiger partial charge in [0.25, 0.3) is 0 Å². The maximum atomic E-state index is 5.92.